The Hall–Kier alpha value is -1.49. The van der Waals surface area contributed by atoms with Gasteiger partial charge in [-0.2, -0.15) is 0 Å². The van der Waals surface area contributed by atoms with Crippen LogP contribution in [0.2, 0.25) is 0 Å². The van der Waals surface area contributed by atoms with E-state index in [-0.39, 0.29) is 6.54 Å². The minimum absolute atomic E-state index is 0.163. The molecule has 1 amide bonds. The second-order valence-electron chi connectivity index (χ2n) is 5.64. The van der Waals surface area contributed by atoms with Crippen LogP contribution in [0, 0.1) is 11.8 Å². The molecule has 2 N–H and O–H groups in total. The molecule has 0 heterocycles. The molecule has 0 unspecified atom stereocenters. The lowest BCUT2D eigenvalue weighted by Gasteiger charge is -2.18. The summed E-state index contributed by atoms with van der Waals surface area (Å²) >= 11 is 0. The van der Waals surface area contributed by atoms with Crippen molar-refractivity contribution in [3.63, 3.8) is 0 Å². The fraction of sp³-hybridized carbons (Fsp3) is 0.533. The predicted octanol–water partition coefficient (Wildman–Crippen LogP) is 2.61. The Bertz CT molecular complexity index is 499. The molecule has 3 nitrogen and oxygen atoms in total. The standard InChI is InChI=1S/C15H20F2N2O/c1-9(2)10-4-6-11(7-5-10)19(3)14(20)13-12(8-18)15(13,16)17/h4-7,9,12-13H,8,18H2,1-3H3/t12-,13-/m0/s1. The molecular formula is C15H20F2N2O. The Morgan fingerprint density at radius 3 is 2.30 bits per heavy atom. The number of benzene rings is 1. The molecule has 0 aliphatic heterocycles. The highest BCUT2D eigenvalue weighted by molar-refractivity contribution is 5.97. The highest BCUT2D eigenvalue weighted by atomic mass is 19.3. The van der Waals surface area contributed by atoms with Crippen molar-refractivity contribution in [2.45, 2.75) is 25.7 Å². The number of carbonyl (C=O) groups excluding carboxylic acids is 1. The van der Waals surface area contributed by atoms with Crippen LogP contribution >= 0.6 is 0 Å². The maximum absolute atomic E-state index is 13.4. The summed E-state index contributed by atoms with van der Waals surface area (Å²) in [5.74, 6) is -5.44. The Labute approximate surface area is 117 Å². The van der Waals surface area contributed by atoms with Crippen LogP contribution in [0.4, 0.5) is 14.5 Å². The lowest BCUT2D eigenvalue weighted by molar-refractivity contribution is -0.121. The van der Waals surface area contributed by atoms with Crippen molar-refractivity contribution in [1.29, 1.82) is 0 Å². The Balaban J connectivity index is 2.12. The molecule has 1 aromatic rings. The lowest BCUT2D eigenvalue weighted by atomic mass is 10.0. The molecule has 1 aliphatic rings. The zero-order valence-corrected chi connectivity index (χ0v) is 11.9. The highest BCUT2D eigenvalue weighted by Gasteiger charge is 2.71. The van der Waals surface area contributed by atoms with Crippen molar-refractivity contribution in [2.24, 2.45) is 17.6 Å². The third kappa shape index (κ3) is 2.42. The summed E-state index contributed by atoms with van der Waals surface area (Å²) in [5.41, 5.74) is 7.05. The van der Waals surface area contributed by atoms with Crippen LogP contribution in [-0.2, 0) is 4.79 Å². The van der Waals surface area contributed by atoms with Gasteiger partial charge >= 0.3 is 0 Å². The second-order valence-corrected chi connectivity index (χ2v) is 5.64. The van der Waals surface area contributed by atoms with Gasteiger partial charge in [-0.05, 0) is 23.6 Å². The van der Waals surface area contributed by atoms with Crippen LogP contribution in [0.15, 0.2) is 24.3 Å². The van der Waals surface area contributed by atoms with Gasteiger partial charge in [0.25, 0.3) is 5.92 Å². The Morgan fingerprint density at radius 1 is 1.35 bits per heavy atom. The van der Waals surface area contributed by atoms with Gasteiger partial charge < -0.3 is 10.6 Å². The van der Waals surface area contributed by atoms with E-state index in [9.17, 15) is 13.6 Å². The average molecular weight is 282 g/mol. The fourth-order valence-corrected chi connectivity index (χ4v) is 2.44. The Morgan fingerprint density at radius 2 is 1.90 bits per heavy atom. The number of rotatable bonds is 4. The summed E-state index contributed by atoms with van der Waals surface area (Å²) in [5, 5.41) is 0. The number of amides is 1. The van der Waals surface area contributed by atoms with Crippen molar-refractivity contribution < 1.29 is 13.6 Å². The first-order valence-electron chi connectivity index (χ1n) is 6.76. The molecule has 2 atom stereocenters. The number of halogens is 2. The van der Waals surface area contributed by atoms with Crippen molar-refractivity contribution >= 4 is 11.6 Å². The first-order valence-corrected chi connectivity index (χ1v) is 6.76. The van der Waals surface area contributed by atoms with Gasteiger partial charge in [0, 0.05) is 19.3 Å². The second kappa shape index (κ2) is 5.13. The fourth-order valence-electron chi connectivity index (χ4n) is 2.44. The molecule has 0 spiro atoms. The molecule has 1 aliphatic carbocycles. The molecule has 5 heteroatoms. The van der Waals surface area contributed by atoms with Crippen LogP contribution in [0.3, 0.4) is 0 Å². The molecule has 1 aromatic carbocycles. The van der Waals surface area contributed by atoms with Crippen LogP contribution in [-0.4, -0.2) is 25.4 Å². The van der Waals surface area contributed by atoms with Gasteiger partial charge in [0.05, 0.1) is 5.92 Å². The molecule has 0 bridgehead atoms. The molecule has 1 fully saturated rings. The number of hydrogen-bond acceptors (Lipinski definition) is 2. The molecular weight excluding hydrogens is 262 g/mol. The third-order valence-corrected chi connectivity index (χ3v) is 4.00. The van der Waals surface area contributed by atoms with Crippen molar-refractivity contribution in [3.05, 3.63) is 29.8 Å². The maximum atomic E-state index is 13.4. The number of hydrogen-bond donors (Lipinski definition) is 1. The number of carbonyl (C=O) groups is 1. The zero-order valence-electron chi connectivity index (χ0n) is 11.9. The molecule has 110 valence electrons. The smallest absolute Gasteiger partial charge is 0.265 e. The molecule has 2 rings (SSSR count). The molecule has 0 aromatic heterocycles. The van der Waals surface area contributed by atoms with E-state index in [4.69, 9.17) is 5.73 Å². The van der Waals surface area contributed by atoms with Gasteiger partial charge in [-0.3, -0.25) is 4.79 Å². The van der Waals surface area contributed by atoms with Crippen molar-refractivity contribution in [3.8, 4) is 0 Å². The molecule has 20 heavy (non-hydrogen) atoms. The number of alkyl halides is 2. The van der Waals surface area contributed by atoms with Gasteiger partial charge in [0.15, 0.2) is 0 Å². The third-order valence-electron chi connectivity index (χ3n) is 4.00. The number of anilines is 1. The maximum Gasteiger partial charge on any atom is 0.265 e. The first kappa shape index (κ1) is 14.9. The summed E-state index contributed by atoms with van der Waals surface area (Å²) in [6.07, 6.45) is 0. The summed E-state index contributed by atoms with van der Waals surface area (Å²) < 4.78 is 26.9. The van der Waals surface area contributed by atoms with E-state index in [1.165, 1.54) is 11.9 Å². The van der Waals surface area contributed by atoms with Crippen molar-refractivity contribution in [2.75, 3.05) is 18.5 Å². The van der Waals surface area contributed by atoms with E-state index in [2.05, 4.69) is 13.8 Å². The van der Waals surface area contributed by atoms with Gasteiger partial charge in [-0.15, -0.1) is 0 Å². The quantitative estimate of drug-likeness (QED) is 0.922. The molecule has 1 saturated carbocycles. The zero-order chi connectivity index (χ0) is 15.1. The van der Waals surface area contributed by atoms with Gasteiger partial charge in [0.2, 0.25) is 5.91 Å². The highest BCUT2D eigenvalue weighted by Crippen LogP contribution is 2.55. The van der Waals surface area contributed by atoms with E-state index in [0.717, 1.165) is 5.56 Å². The van der Waals surface area contributed by atoms with E-state index in [1.54, 1.807) is 12.1 Å². The normalized spacial score (nSPS) is 23.8. The minimum atomic E-state index is -2.96. The molecule has 0 radical (unpaired) electrons. The van der Waals surface area contributed by atoms with E-state index in [1.807, 2.05) is 12.1 Å². The van der Waals surface area contributed by atoms with E-state index >= 15 is 0 Å². The van der Waals surface area contributed by atoms with Gasteiger partial charge in [-0.25, -0.2) is 8.78 Å². The molecule has 0 saturated heterocycles. The lowest BCUT2D eigenvalue weighted by Crippen LogP contribution is -2.30. The SMILES string of the molecule is CC(C)c1ccc(N(C)C(=O)[C@@H]2[C@H](CN)C2(F)F)cc1. The van der Waals surface area contributed by atoms with Gasteiger partial charge in [0.1, 0.15) is 5.92 Å². The van der Waals surface area contributed by atoms with Crippen LogP contribution in [0.25, 0.3) is 0 Å². The van der Waals surface area contributed by atoms with Crippen LogP contribution < -0.4 is 10.6 Å². The summed E-state index contributed by atoms with van der Waals surface area (Å²) in [6, 6.07) is 7.39. The minimum Gasteiger partial charge on any atom is -0.330 e. The number of nitrogens with zero attached hydrogens (tertiary/aromatic N) is 1. The summed E-state index contributed by atoms with van der Waals surface area (Å²) in [6.45, 7) is 3.98. The topological polar surface area (TPSA) is 46.3 Å². The summed E-state index contributed by atoms with van der Waals surface area (Å²) in [7, 11) is 1.52. The van der Waals surface area contributed by atoms with Crippen molar-refractivity contribution in [1.82, 2.24) is 0 Å². The first-order chi connectivity index (χ1) is 9.30. The predicted molar refractivity (Wildman–Crippen MR) is 74.9 cm³/mol. The number of nitrogens with two attached hydrogens (primary N) is 1. The van der Waals surface area contributed by atoms with Crippen LogP contribution in [0.1, 0.15) is 25.3 Å². The average Bonchev–Trinajstić information content (AvgIpc) is 2.98. The monoisotopic (exact) mass is 282 g/mol. The van der Waals surface area contributed by atoms with E-state index in [0.29, 0.717) is 11.6 Å². The van der Waals surface area contributed by atoms with E-state index < -0.39 is 23.7 Å². The van der Waals surface area contributed by atoms with Crippen LogP contribution in [0.5, 0.6) is 0 Å². The Kier molecular flexibility index (Phi) is 3.82. The van der Waals surface area contributed by atoms with Gasteiger partial charge in [-0.1, -0.05) is 26.0 Å². The largest absolute Gasteiger partial charge is 0.330 e. The summed E-state index contributed by atoms with van der Waals surface area (Å²) in [4.78, 5) is 13.4.